The van der Waals surface area contributed by atoms with Crippen LogP contribution in [0.3, 0.4) is 0 Å². The Labute approximate surface area is 160 Å². The fraction of sp³-hybridized carbons (Fsp3) is 0.571. The molecule has 0 bridgehead atoms. The van der Waals surface area contributed by atoms with Crippen LogP contribution < -0.4 is 0 Å². The molecule has 1 atom stereocenters. The SMILES string of the molecule is CCN1CC2(CCN(Cc3nnc(C)o3)CC2)C[C@H](c2ccccc2)C1=O. The first kappa shape index (κ1) is 18.2. The van der Waals surface area contributed by atoms with Crippen LogP contribution in [0.15, 0.2) is 34.7 Å². The molecular weight excluding hydrogens is 340 g/mol. The van der Waals surface area contributed by atoms with E-state index in [2.05, 4.69) is 39.1 Å². The molecule has 2 aliphatic heterocycles. The molecule has 2 fully saturated rings. The molecule has 1 spiro atoms. The van der Waals surface area contributed by atoms with Crippen molar-refractivity contribution in [2.24, 2.45) is 5.41 Å². The summed E-state index contributed by atoms with van der Waals surface area (Å²) >= 11 is 0. The van der Waals surface area contributed by atoms with E-state index in [0.29, 0.717) is 11.8 Å². The summed E-state index contributed by atoms with van der Waals surface area (Å²) in [4.78, 5) is 17.4. The Kier molecular flexibility index (Phi) is 5.00. The van der Waals surface area contributed by atoms with Crippen LogP contribution in [0, 0.1) is 12.3 Å². The highest BCUT2D eigenvalue weighted by Crippen LogP contribution is 2.45. The van der Waals surface area contributed by atoms with Crippen LogP contribution in [0.4, 0.5) is 0 Å². The van der Waals surface area contributed by atoms with Gasteiger partial charge in [0.05, 0.1) is 12.5 Å². The number of benzene rings is 1. The second-order valence-corrected chi connectivity index (χ2v) is 8.01. The standard InChI is InChI=1S/C21H28N4O2/c1-3-25-15-21(13-18(20(25)26)17-7-5-4-6-8-17)9-11-24(12-10-21)14-19-23-22-16(2)27-19/h4-8,18H,3,9-15H2,1-2H3/t18-/m1/s1. The maximum atomic E-state index is 13.0. The maximum Gasteiger partial charge on any atom is 0.230 e. The Hall–Kier alpha value is -2.21. The van der Waals surface area contributed by atoms with Gasteiger partial charge in [-0.15, -0.1) is 10.2 Å². The van der Waals surface area contributed by atoms with Gasteiger partial charge in [-0.1, -0.05) is 30.3 Å². The number of likely N-dealkylation sites (tertiary alicyclic amines) is 2. The Bertz CT molecular complexity index is 780. The van der Waals surface area contributed by atoms with E-state index >= 15 is 0 Å². The van der Waals surface area contributed by atoms with Crippen LogP contribution in [0.1, 0.15) is 49.4 Å². The summed E-state index contributed by atoms with van der Waals surface area (Å²) in [5.74, 6) is 1.59. The first-order chi connectivity index (χ1) is 13.1. The molecule has 0 N–H and O–H groups in total. The minimum Gasteiger partial charge on any atom is -0.424 e. The molecule has 0 saturated carbocycles. The average Bonchev–Trinajstić information content (AvgIpc) is 3.11. The predicted molar refractivity (Wildman–Crippen MR) is 102 cm³/mol. The van der Waals surface area contributed by atoms with E-state index in [1.54, 1.807) is 0 Å². The van der Waals surface area contributed by atoms with Gasteiger partial charge in [0.2, 0.25) is 17.7 Å². The molecule has 0 aliphatic carbocycles. The summed E-state index contributed by atoms with van der Waals surface area (Å²) in [7, 11) is 0. The number of amides is 1. The summed E-state index contributed by atoms with van der Waals surface area (Å²) < 4.78 is 5.53. The number of likely N-dealkylation sites (N-methyl/N-ethyl adjacent to an activating group) is 1. The first-order valence-electron chi connectivity index (χ1n) is 9.94. The zero-order valence-corrected chi connectivity index (χ0v) is 16.2. The number of aryl methyl sites for hydroxylation is 1. The normalized spacial score (nSPS) is 23.1. The highest BCUT2D eigenvalue weighted by Gasteiger charge is 2.45. The maximum absolute atomic E-state index is 13.0. The topological polar surface area (TPSA) is 62.5 Å². The van der Waals surface area contributed by atoms with Crippen LogP contribution in [0.2, 0.25) is 0 Å². The van der Waals surface area contributed by atoms with E-state index in [0.717, 1.165) is 57.5 Å². The lowest BCUT2D eigenvalue weighted by atomic mass is 9.67. The van der Waals surface area contributed by atoms with Gasteiger partial charge in [0.1, 0.15) is 0 Å². The van der Waals surface area contributed by atoms with Crippen molar-refractivity contribution in [3.63, 3.8) is 0 Å². The lowest BCUT2D eigenvalue weighted by Gasteiger charge is -2.49. The Morgan fingerprint density at radius 3 is 2.56 bits per heavy atom. The monoisotopic (exact) mass is 368 g/mol. The lowest BCUT2D eigenvalue weighted by Crippen LogP contribution is -2.53. The van der Waals surface area contributed by atoms with Crippen LogP contribution >= 0.6 is 0 Å². The van der Waals surface area contributed by atoms with Crippen molar-refractivity contribution in [3.05, 3.63) is 47.7 Å². The molecule has 4 rings (SSSR count). The summed E-state index contributed by atoms with van der Waals surface area (Å²) in [5, 5.41) is 8.04. The number of aromatic nitrogens is 2. The van der Waals surface area contributed by atoms with Gasteiger partial charge in [-0.2, -0.15) is 0 Å². The predicted octanol–water partition coefficient (Wildman–Crippen LogP) is 3.00. The Morgan fingerprint density at radius 2 is 1.93 bits per heavy atom. The fourth-order valence-corrected chi connectivity index (χ4v) is 4.64. The molecule has 6 nitrogen and oxygen atoms in total. The van der Waals surface area contributed by atoms with Crippen LogP contribution in [0.25, 0.3) is 0 Å². The van der Waals surface area contributed by atoms with E-state index in [4.69, 9.17) is 4.42 Å². The van der Waals surface area contributed by atoms with Gasteiger partial charge < -0.3 is 9.32 Å². The highest BCUT2D eigenvalue weighted by atomic mass is 16.4. The highest BCUT2D eigenvalue weighted by molar-refractivity contribution is 5.84. The number of hydrogen-bond acceptors (Lipinski definition) is 5. The first-order valence-corrected chi connectivity index (χ1v) is 9.94. The fourth-order valence-electron chi connectivity index (χ4n) is 4.64. The van der Waals surface area contributed by atoms with Gasteiger partial charge in [0.15, 0.2) is 0 Å². The van der Waals surface area contributed by atoms with Crippen molar-refractivity contribution in [3.8, 4) is 0 Å². The van der Waals surface area contributed by atoms with Gasteiger partial charge in [-0.3, -0.25) is 9.69 Å². The largest absolute Gasteiger partial charge is 0.424 e. The van der Waals surface area contributed by atoms with Crippen molar-refractivity contribution < 1.29 is 9.21 Å². The molecule has 27 heavy (non-hydrogen) atoms. The number of rotatable bonds is 4. The summed E-state index contributed by atoms with van der Waals surface area (Å²) in [5.41, 5.74) is 1.37. The summed E-state index contributed by atoms with van der Waals surface area (Å²) in [6, 6.07) is 10.3. The number of piperidine rings is 2. The third-order valence-corrected chi connectivity index (χ3v) is 6.20. The lowest BCUT2D eigenvalue weighted by molar-refractivity contribution is -0.141. The molecule has 1 aromatic heterocycles. The molecule has 6 heteroatoms. The molecule has 3 heterocycles. The van der Waals surface area contributed by atoms with Gasteiger partial charge in [-0.25, -0.2) is 0 Å². The minimum atomic E-state index is -0.00922. The molecule has 1 amide bonds. The van der Waals surface area contributed by atoms with Gasteiger partial charge in [0, 0.05) is 20.0 Å². The van der Waals surface area contributed by atoms with E-state index < -0.39 is 0 Å². The van der Waals surface area contributed by atoms with Crippen molar-refractivity contribution in [2.75, 3.05) is 26.2 Å². The van der Waals surface area contributed by atoms with Gasteiger partial charge >= 0.3 is 0 Å². The molecule has 2 aliphatic rings. The quantitative estimate of drug-likeness (QED) is 0.830. The van der Waals surface area contributed by atoms with Crippen LogP contribution in [-0.4, -0.2) is 52.1 Å². The third-order valence-electron chi connectivity index (χ3n) is 6.20. The molecule has 0 unspecified atom stereocenters. The van der Waals surface area contributed by atoms with Gasteiger partial charge in [-0.05, 0) is 50.3 Å². The van der Waals surface area contributed by atoms with E-state index in [9.17, 15) is 4.79 Å². The van der Waals surface area contributed by atoms with Crippen molar-refractivity contribution in [2.45, 2.75) is 45.6 Å². The van der Waals surface area contributed by atoms with Crippen molar-refractivity contribution in [1.29, 1.82) is 0 Å². The zero-order valence-electron chi connectivity index (χ0n) is 16.2. The molecule has 0 radical (unpaired) electrons. The summed E-state index contributed by atoms with van der Waals surface area (Å²) in [6.45, 7) is 8.32. The molecular formula is C21H28N4O2. The second kappa shape index (κ2) is 7.43. The van der Waals surface area contributed by atoms with Crippen LogP contribution in [0.5, 0.6) is 0 Å². The molecule has 1 aromatic carbocycles. The van der Waals surface area contributed by atoms with E-state index in [1.165, 1.54) is 0 Å². The molecule has 2 saturated heterocycles. The number of hydrogen-bond donors (Lipinski definition) is 0. The van der Waals surface area contributed by atoms with Gasteiger partial charge in [0.25, 0.3) is 0 Å². The molecule has 2 aromatic rings. The average molecular weight is 368 g/mol. The smallest absolute Gasteiger partial charge is 0.230 e. The van der Waals surface area contributed by atoms with E-state index in [1.807, 2.05) is 25.1 Å². The number of carbonyl (C=O) groups is 1. The molecule has 144 valence electrons. The number of nitrogens with zero attached hydrogens (tertiary/aromatic N) is 4. The van der Waals surface area contributed by atoms with Crippen molar-refractivity contribution in [1.82, 2.24) is 20.0 Å². The second-order valence-electron chi connectivity index (χ2n) is 8.01. The zero-order chi connectivity index (χ0) is 18.9. The Balaban J connectivity index is 1.47. The Morgan fingerprint density at radius 1 is 1.19 bits per heavy atom. The third kappa shape index (κ3) is 3.76. The van der Waals surface area contributed by atoms with Crippen LogP contribution in [-0.2, 0) is 11.3 Å². The number of carbonyl (C=O) groups excluding carboxylic acids is 1. The summed E-state index contributed by atoms with van der Waals surface area (Å²) in [6.07, 6.45) is 3.17. The minimum absolute atomic E-state index is 0.00922. The van der Waals surface area contributed by atoms with E-state index in [-0.39, 0.29) is 17.2 Å². The van der Waals surface area contributed by atoms with Crippen molar-refractivity contribution >= 4 is 5.91 Å².